The van der Waals surface area contributed by atoms with Crippen LogP contribution in [0.25, 0.3) is 6.08 Å². The van der Waals surface area contributed by atoms with E-state index in [1.807, 2.05) is 49.3 Å². The fourth-order valence-electron chi connectivity index (χ4n) is 3.73. The van der Waals surface area contributed by atoms with Crippen molar-refractivity contribution in [2.45, 2.75) is 4.90 Å². The molecule has 0 aliphatic carbocycles. The Morgan fingerprint density at radius 2 is 1.52 bits per heavy atom. The van der Waals surface area contributed by atoms with Crippen molar-refractivity contribution in [2.24, 2.45) is 0 Å². The van der Waals surface area contributed by atoms with E-state index in [2.05, 4.69) is 16.0 Å². The molecule has 0 bridgehead atoms. The van der Waals surface area contributed by atoms with Crippen molar-refractivity contribution in [3.05, 3.63) is 125 Å². The van der Waals surface area contributed by atoms with Gasteiger partial charge in [0.2, 0.25) is 5.91 Å². The van der Waals surface area contributed by atoms with Gasteiger partial charge in [0.1, 0.15) is 11.5 Å². The van der Waals surface area contributed by atoms with Crippen LogP contribution < -0.4 is 20.9 Å². The number of nitrogens with one attached hydrogen (secondary N) is 3. The normalized spacial score (nSPS) is 11.0. The molecule has 0 spiro atoms. The smallest absolute Gasteiger partial charge is 0.272 e. The zero-order valence-electron chi connectivity index (χ0n) is 22.9. The largest absolute Gasteiger partial charge is 0.378 e. The van der Waals surface area contributed by atoms with Crippen LogP contribution in [0.3, 0.4) is 0 Å². The van der Waals surface area contributed by atoms with Gasteiger partial charge in [0.05, 0.1) is 10.8 Å². The number of rotatable bonds is 10. The van der Waals surface area contributed by atoms with Gasteiger partial charge in [-0.1, -0.05) is 41.9 Å². The number of benzene rings is 4. The Hall–Kier alpha value is -4.60. The van der Waals surface area contributed by atoms with Crippen molar-refractivity contribution in [1.29, 1.82) is 0 Å². The van der Waals surface area contributed by atoms with E-state index in [0.29, 0.717) is 16.9 Å². The zero-order chi connectivity index (χ0) is 30.1. The number of anilines is 3. The highest BCUT2D eigenvalue weighted by atomic mass is 35.5. The molecule has 4 rings (SSSR count). The van der Waals surface area contributed by atoms with Crippen molar-refractivity contribution < 1.29 is 18.8 Å². The van der Waals surface area contributed by atoms with E-state index in [9.17, 15) is 18.8 Å². The minimum Gasteiger partial charge on any atom is -0.378 e. The van der Waals surface area contributed by atoms with Gasteiger partial charge in [-0.15, -0.1) is 11.8 Å². The molecule has 4 aromatic carbocycles. The number of amides is 3. The fraction of sp³-hybridized carbons (Fsp3) is 0.0938. The molecule has 4 aromatic rings. The number of nitrogens with zero attached hydrogens (tertiary/aromatic N) is 1. The van der Waals surface area contributed by atoms with E-state index in [1.165, 1.54) is 30.0 Å². The van der Waals surface area contributed by atoms with Crippen LogP contribution in [0.5, 0.6) is 0 Å². The van der Waals surface area contributed by atoms with Crippen LogP contribution in [0, 0.1) is 5.82 Å². The molecule has 0 saturated carbocycles. The number of thioether (sulfide) groups is 1. The average molecular weight is 603 g/mol. The number of carbonyl (C=O) groups excluding carboxylic acids is 3. The Morgan fingerprint density at radius 1 is 0.857 bits per heavy atom. The fourth-order valence-corrected chi connectivity index (χ4v) is 4.61. The van der Waals surface area contributed by atoms with E-state index < -0.39 is 17.6 Å². The lowest BCUT2D eigenvalue weighted by Crippen LogP contribution is -2.30. The summed E-state index contributed by atoms with van der Waals surface area (Å²) >= 11 is 7.06. The van der Waals surface area contributed by atoms with Crippen LogP contribution in [0.2, 0.25) is 5.02 Å². The summed E-state index contributed by atoms with van der Waals surface area (Å²) in [7, 11) is 3.87. The van der Waals surface area contributed by atoms with Crippen molar-refractivity contribution in [3.8, 4) is 0 Å². The maximum absolute atomic E-state index is 13.3. The van der Waals surface area contributed by atoms with E-state index in [4.69, 9.17) is 11.6 Å². The summed E-state index contributed by atoms with van der Waals surface area (Å²) in [6.07, 6.45) is 1.62. The van der Waals surface area contributed by atoms with Crippen LogP contribution in [0.1, 0.15) is 15.9 Å². The third-order valence-electron chi connectivity index (χ3n) is 5.93. The summed E-state index contributed by atoms with van der Waals surface area (Å²) in [6, 6.07) is 27.2. The Kier molecular flexibility index (Phi) is 10.4. The van der Waals surface area contributed by atoms with Crippen molar-refractivity contribution in [2.75, 3.05) is 35.4 Å². The van der Waals surface area contributed by atoms with Crippen LogP contribution in [0.15, 0.2) is 108 Å². The molecular weight excluding hydrogens is 575 g/mol. The first-order valence-corrected chi connectivity index (χ1v) is 14.2. The maximum atomic E-state index is 13.3. The predicted octanol–water partition coefficient (Wildman–Crippen LogP) is 6.69. The lowest BCUT2D eigenvalue weighted by atomic mass is 10.1. The van der Waals surface area contributed by atoms with E-state index in [-0.39, 0.29) is 22.4 Å². The number of carbonyl (C=O) groups is 3. The quantitative estimate of drug-likeness (QED) is 0.139. The Bertz CT molecular complexity index is 1590. The first-order chi connectivity index (χ1) is 20.2. The second kappa shape index (κ2) is 14.3. The SMILES string of the molecule is CN(C)c1ccc(/C=C(\NC(=O)c2ccccc2)C(=O)Nc2ccc(SCC(=O)Nc3ccc(F)c(Cl)c3)cc2)cc1. The number of hydrogen-bond acceptors (Lipinski definition) is 5. The summed E-state index contributed by atoms with van der Waals surface area (Å²) < 4.78 is 13.3. The molecule has 214 valence electrons. The van der Waals surface area contributed by atoms with Gasteiger partial charge in [0.15, 0.2) is 0 Å². The van der Waals surface area contributed by atoms with Gasteiger partial charge in [0, 0.05) is 41.6 Å². The van der Waals surface area contributed by atoms with E-state index in [1.54, 1.807) is 54.6 Å². The van der Waals surface area contributed by atoms with E-state index >= 15 is 0 Å². The lowest BCUT2D eigenvalue weighted by molar-refractivity contribution is -0.114. The van der Waals surface area contributed by atoms with Gasteiger partial charge in [-0.2, -0.15) is 0 Å². The molecule has 0 aliphatic heterocycles. The summed E-state index contributed by atoms with van der Waals surface area (Å²) in [5.41, 5.74) is 3.16. The topological polar surface area (TPSA) is 90.5 Å². The molecule has 0 radical (unpaired) electrons. The molecule has 0 aromatic heterocycles. The molecule has 42 heavy (non-hydrogen) atoms. The first kappa shape index (κ1) is 30.4. The minimum absolute atomic E-state index is 0.0713. The van der Waals surface area contributed by atoms with Crippen LogP contribution in [0.4, 0.5) is 21.5 Å². The lowest BCUT2D eigenvalue weighted by Gasteiger charge is -2.13. The van der Waals surface area contributed by atoms with Crippen LogP contribution >= 0.6 is 23.4 Å². The second-order valence-corrected chi connectivity index (χ2v) is 10.8. The monoisotopic (exact) mass is 602 g/mol. The summed E-state index contributed by atoms with van der Waals surface area (Å²) in [5.74, 6) is -1.62. The van der Waals surface area contributed by atoms with E-state index in [0.717, 1.165) is 16.1 Å². The highest BCUT2D eigenvalue weighted by Gasteiger charge is 2.15. The van der Waals surface area contributed by atoms with Crippen molar-refractivity contribution >= 4 is 64.2 Å². The summed E-state index contributed by atoms with van der Waals surface area (Å²) in [4.78, 5) is 41.2. The standard InChI is InChI=1S/C32H28ClFN4O3S/c1-38(2)25-13-8-21(9-14-25)18-29(37-31(40)22-6-4-3-5-7-22)32(41)36-23-10-15-26(16-11-23)42-20-30(39)35-24-12-17-28(34)27(33)19-24/h3-19H,20H2,1-2H3,(H,35,39)(H,36,41)(H,37,40)/b29-18-. The van der Waals surface area contributed by atoms with Crippen LogP contribution in [-0.2, 0) is 9.59 Å². The molecule has 0 fully saturated rings. The second-order valence-electron chi connectivity index (χ2n) is 9.31. The molecule has 0 unspecified atom stereocenters. The minimum atomic E-state index is -0.559. The highest BCUT2D eigenvalue weighted by molar-refractivity contribution is 8.00. The van der Waals surface area contributed by atoms with Crippen molar-refractivity contribution in [1.82, 2.24) is 5.32 Å². The number of hydrogen-bond donors (Lipinski definition) is 3. The Morgan fingerprint density at radius 3 is 2.17 bits per heavy atom. The molecule has 3 amide bonds. The van der Waals surface area contributed by atoms with Gasteiger partial charge in [-0.05, 0) is 78.4 Å². The molecule has 0 saturated heterocycles. The first-order valence-electron chi connectivity index (χ1n) is 12.8. The maximum Gasteiger partial charge on any atom is 0.272 e. The molecule has 0 atom stereocenters. The highest BCUT2D eigenvalue weighted by Crippen LogP contribution is 2.23. The molecule has 3 N–H and O–H groups in total. The number of halogens is 2. The average Bonchev–Trinajstić information content (AvgIpc) is 2.99. The Labute approximate surface area is 252 Å². The molecular formula is C32H28ClFN4O3S. The Balaban J connectivity index is 1.41. The van der Waals surface area contributed by atoms with Crippen LogP contribution in [-0.4, -0.2) is 37.6 Å². The summed E-state index contributed by atoms with van der Waals surface area (Å²) in [6.45, 7) is 0. The van der Waals surface area contributed by atoms with Gasteiger partial charge in [-0.3, -0.25) is 14.4 Å². The van der Waals surface area contributed by atoms with Gasteiger partial charge < -0.3 is 20.9 Å². The third kappa shape index (κ3) is 8.70. The molecule has 10 heteroatoms. The van der Waals surface area contributed by atoms with Gasteiger partial charge >= 0.3 is 0 Å². The van der Waals surface area contributed by atoms with Gasteiger partial charge in [-0.25, -0.2) is 4.39 Å². The predicted molar refractivity (Wildman–Crippen MR) is 168 cm³/mol. The zero-order valence-corrected chi connectivity index (χ0v) is 24.4. The van der Waals surface area contributed by atoms with Gasteiger partial charge in [0.25, 0.3) is 11.8 Å². The third-order valence-corrected chi connectivity index (χ3v) is 7.24. The molecule has 7 nitrogen and oxygen atoms in total. The molecule has 0 heterocycles. The summed E-state index contributed by atoms with van der Waals surface area (Å²) in [5, 5.41) is 8.16. The molecule has 0 aliphatic rings. The van der Waals surface area contributed by atoms with Crippen molar-refractivity contribution in [3.63, 3.8) is 0 Å².